The quantitative estimate of drug-likeness (QED) is 0.0639. The Hall–Kier alpha value is -12.2. The third-order valence-electron chi connectivity index (χ3n) is 18.3. The lowest BCUT2D eigenvalue weighted by Gasteiger charge is -2.26. The fraction of sp³-hybridized carbons (Fsp3) is 0.225. The van der Waals surface area contributed by atoms with Crippen molar-refractivity contribution in [2.75, 3.05) is 39.3 Å². The van der Waals surface area contributed by atoms with E-state index in [1.165, 1.54) is 21.6 Å². The Morgan fingerprint density at radius 2 is 0.833 bits per heavy atom. The summed E-state index contributed by atoms with van der Waals surface area (Å²) < 4.78 is 0. The Balaban J connectivity index is 0.692. The number of hydrogen-bond acceptors (Lipinski definition) is 13. The average Bonchev–Trinajstić information content (AvgIpc) is 1.56. The summed E-state index contributed by atoms with van der Waals surface area (Å²) in [6, 6.07) is 41.0. The maximum atomic E-state index is 14.9. The summed E-state index contributed by atoms with van der Waals surface area (Å²) in [6.07, 6.45) is -0.317. The van der Waals surface area contributed by atoms with Crippen LogP contribution in [-0.4, -0.2) is 174 Å². The molecule has 3 aliphatic rings. The van der Waals surface area contributed by atoms with Crippen molar-refractivity contribution < 1.29 is 47.9 Å². The topological polar surface area (TPSA) is 349 Å². The molecule has 10 N–H and O–H groups in total. The molecule has 3 saturated heterocycles. The Bertz CT molecular complexity index is 5070. The highest BCUT2D eigenvalue weighted by Crippen LogP contribution is 2.34. The molecule has 3 fully saturated rings. The molecule has 0 aliphatic carbocycles. The first-order chi connectivity index (χ1) is 46.5. The smallest absolute Gasteiger partial charge is 0.254 e. The molecule has 96 heavy (non-hydrogen) atoms. The minimum absolute atomic E-state index is 0.0208. The number of benzene rings is 6. The number of aromatic amines is 2. The van der Waals surface area contributed by atoms with Gasteiger partial charge in [-0.15, -0.1) is 0 Å². The van der Waals surface area contributed by atoms with E-state index in [4.69, 9.17) is 20.7 Å². The second-order valence-corrected chi connectivity index (χ2v) is 24.4. The zero-order valence-corrected chi connectivity index (χ0v) is 51.7. The molecule has 8 heterocycles. The lowest BCUT2D eigenvalue weighted by molar-refractivity contribution is -0.138. The second kappa shape index (κ2) is 25.4. The van der Waals surface area contributed by atoms with Gasteiger partial charge in [0.25, 0.3) is 17.7 Å². The molecule has 6 unspecified atom stereocenters. The fourth-order valence-corrected chi connectivity index (χ4v) is 13.9. The highest BCUT2D eigenvalue weighted by Gasteiger charge is 2.46. The van der Waals surface area contributed by atoms with Crippen LogP contribution < -0.4 is 37.6 Å². The van der Waals surface area contributed by atoms with Crippen LogP contribution in [0.25, 0.3) is 87.8 Å². The summed E-state index contributed by atoms with van der Waals surface area (Å²) in [4.78, 5) is 166. The van der Waals surface area contributed by atoms with E-state index in [0.29, 0.717) is 60.5 Å². The average molecular weight is 1290 g/mol. The van der Waals surface area contributed by atoms with Gasteiger partial charge in [-0.2, -0.15) is 0 Å². The molecule has 0 saturated carbocycles. The molecule has 6 aromatic carbocycles. The number of nitrogens with zero attached hydrogens (tertiary/aromatic N) is 6. The first-order valence-electron chi connectivity index (χ1n) is 31.5. The number of nitrogens with one attached hydrogen (secondary N) is 8. The number of likely N-dealkylation sites (tertiary alicyclic amines) is 3. The van der Waals surface area contributed by atoms with Gasteiger partial charge in [-0.3, -0.25) is 47.9 Å². The second-order valence-electron chi connectivity index (χ2n) is 24.4. The number of H-pyrrole nitrogens is 2. The number of carbonyl (C=O) groups is 10. The fourth-order valence-electron chi connectivity index (χ4n) is 13.9. The Kier molecular flexibility index (Phi) is 16.2. The number of hydrogen-bond donors (Lipinski definition) is 9. The van der Waals surface area contributed by atoms with Crippen molar-refractivity contribution in [1.29, 1.82) is 0 Å². The summed E-state index contributed by atoms with van der Waals surface area (Å²) in [5.74, 6) is -6.42. The molecular formula is C71H63N15O10. The predicted octanol–water partition coefficient (Wildman–Crippen LogP) is 4.62. The highest BCUT2D eigenvalue weighted by atomic mass is 16.2. The van der Waals surface area contributed by atoms with E-state index >= 15 is 0 Å². The van der Waals surface area contributed by atoms with Crippen LogP contribution in [0.3, 0.4) is 0 Å². The number of carbonyl (C=O) groups excluding carboxylic acids is 10. The number of primary amides is 1. The first kappa shape index (κ1) is 61.4. The van der Waals surface area contributed by atoms with Gasteiger partial charge in [0, 0.05) is 88.2 Å². The van der Waals surface area contributed by atoms with E-state index in [1.807, 2.05) is 84.9 Å². The van der Waals surface area contributed by atoms with Crippen molar-refractivity contribution in [3.63, 3.8) is 0 Å². The van der Waals surface area contributed by atoms with E-state index in [1.54, 1.807) is 72.8 Å². The molecule has 6 atom stereocenters. The number of para-hydroxylation sites is 5. The van der Waals surface area contributed by atoms with Gasteiger partial charge in [0.15, 0.2) is 0 Å². The van der Waals surface area contributed by atoms with Crippen molar-refractivity contribution in [2.24, 2.45) is 5.73 Å². The van der Waals surface area contributed by atoms with E-state index in [0.717, 1.165) is 27.4 Å². The zero-order chi connectivity index (χ0) is 66.5. The van der Waals surface area contributed by atoms with Gasteiger partial charge in [0.05, 0.1) is 80.6 Å². The molecule has 14 rings (SSSR count). The molecule has 25 heteroatoms. The van der Waals surface area contributed by atoms with E-state index < -0.39 is 115 Å². The summed E-state index contributed by atoms with van der Waals surface area (Å²) >= 11 is 0. The molecule has 25 nitrogen and oxygen atoms in total. The van der Waals surface area contributed by atoms with Crippen LogP contribution in [0.1, 0.15) is 57.3 Å². The molecule has 0 radical (unpaired) electrons. The van der Waals surface area contributed by atoms with Crippen molar-refractivity contribution in [1.82, 2.24) is 71.5 Å². The van der Waals surface area contributed by atoms with Crippen LogP contribution in [0.15, 0.2) is 158 Å². The SMILES string of the molecule is CC(=O)NC1CC(C(=O)NC2CC(C(=O)NC3CC(C(N)=O)N(C(=O)CNC(=O)c4c5ccccc5nc5c4[nH]c4ccccc45)C3)N(C(=O)CNC(=O)c3cc(-c4ccccc4)nc4ccccc34)C2)N(C(=O)CNC(=O)c2c3ccccc3nc3c2[nH]c2ccccc23)C1. The van der Waals surface area contributed by atoms with Gasteiger partial charge in [-0.05, 0) is 55.7 Å². The molecule has 3 aliphatic heterocycles. The lowest BCUT2D eigenvalue weighted by Crippen LogP contribution is -2.52. The van der Waals surface area contributed by atoms with Gasteiger partial charge in [-0.1, -0.05) is 121 Å². The van der Waals surface area contributed by atoms with Crippen molar-refractivity contribution in [3.8, 4) is 11.3 Å². The van der Waals surface area contributed by atoms with E-state index in [-0.39, 0.29) is 55.6 Å². The third-order valence-corrected chi connectivity index (χ3v) is 18.3. The number of rotatable bonds is 16. The third kappa shape index (κ3) is 11.7. The number of aromatic nitrogens is 5. The number of nitrogens with two attached hydrogens (primary N) is 1. The van der Waals surface area contributed by atoms with Crippen LogP contribution in [0.2, 0.25) is 0 Å². The minimum Gasteiger partial charge on any atom is -0.368 e. The first-order valence-corrected chi connectivity index (χ1v) is 31.5. The minimum atomic E-state index is -1.31. The molecule has 0 bridgehead atoms. The molecule has 10 amide bonds. The van der Waals surface area contributed by atoms with Crippen molar-refractivity contribution >= 4 is 136 Å². The summed E-state index contributed by atoms with van der Waals surface area (Å²) in [5, 5.41) is 20.1. The van der Waals surface area contributed by atoms with Gasteiger partial charge in [0.1, 0.15) is 18.1 Å². The van der Waals surface area contributed by atoms with Crippen LogP contribution >= 0.6 is 0 Å². The van der Waals surface area contributed by atoms with Crippen molar-refractivity contribution in [3.05, 3.63) is 174 Å². The molecule has 5 aromatic heterocycles. The maximum Gasteiger partial charge on any atom is 0.254 e. The Morgan fingerprint density at radius 1 is 0.448 bits per heavy atom. The van der Waals surface area contributed by atoms with Gasteiger partial charge in [0.2, 0.25) is 41.4 Å². The predicted molar refractivity (Wildman–Crippen MR) is 357 cm³/mol. The van der Waals surface area contributed by atoms with Crippen LogP contribution in [0.5, 0.6) is 0 Å². The summed E-state index contributed by atoms with van der Waals surface area (Å²) in [7, 11) is 0. The summed E-state index contributed by atoms with van der Waals surface area (Å²) in [6.45, 7) is -0.932. The molecular weight excluding hydrogens is 1220 g/mol. The number of fused-ring (bicyclic) bond motifs is 9. The standard InChI is InChI=1S/C71H63N15O10/c1-37(87)76-39-28-55(85(34-39)59(90)33-75-71(96)61-44-19-7-12-24-50(44)81-63-46-21-9-14-26-52(46)83-65(61)63)68(93)78-41-29-56(86(36-41)58(89)31-73-67(92)47-30-53(38-15-3-2-4-16-38)79-48-22-10-5-17-42(47)48)69(94)77-40-27-54(66(72)91)84(35-40)57(88)32-74-70(95)60-43-18-6-11-23-49(43)80-62-45-20-8-13-25-51(45)82-64(60)62/h2-26,30,39-41,54-56,82-83H,27-29,31-36H2,1H3,(H2,72,91)(H,73,92)(H,74,95)(H,75,96)(H,76,87)(H,77,94)(H,78,93). The van der Waals surface area contributed by atoms with Gasteiger partial charge < -0.3 is 62.3 Å². The number of amides is 10. The van der Waals surface area contributed by atoms with Crippen molar-refractivity contribution in [2.45, 2.75) is 62.4 Å². The number of pyridine rings is 3. The zero-order valence-electron chi connectivity index (χ0n) is 51.7. The normalized spacial score (nSPS) is 18.5. The van der Waals surface area contributed by atoms with E-state index in [9.17, 15) is 47.9 Å². The maximum absolute atomic E-state index is 14.9. The molecule has 11 aromatic rings. The largest absolute Gasteiger partial charge is 0.368 e. The van der Waals surface area contributed by atoms with Crippen LogP contribution in [0, 0.1) is 0 Å². The van der Waals surface area contributed by atoms with Gasteiger partial charge in [-0.25, -0.2) is 15.0 Å². The van der Waals surface area contributed by atoms with Gasteiger partial charge >= 0.3 is 0 Å². The highest BCUT2D eigenvalue weighted by molar-refractivity contribution is 6.22. The lowest BCUT2D eigenvalue weighted by atomic mass is 10.0. The Morgan fingerprint density at radius 3 is 1.30 bits per heavy atom. The van der Waals surface area contributed by atoms with Crippen LogP contribution in [0.4, 0.5) is 0 Å². The summed E-state index contributed by atoms with van der Waals surface area (Å²) in [5.41, 5.74) is 13.2. The van der Waals surface area contributed by atoms with Crippen LogP contribution in [-0.2, 0) is 33.6 Å². The molecule has 482 valence electrons. The molecule has 0 spiro atoms. The monoisotopic (exact) mass is 1290 g/mol. The Labute approximate surface area is 545 Å². The van der Waals surface area contributed by atoms with E-state index in [2.05, 4.69) is 41.9 Å².